The highest BCUT2D eigenvalue weighted by Gasteiger charge is 2.44. The molecule has 10 heteroatoms. The molecule has 2 aromatic carbocycles. The average Bonchev–Trinajstić information content (AvgIpc) is 2.83. The number of anilines is 2. The van der Waals surface area contributed by atoms with Crippen LogP contribution in [0, 0.1) is 0 Å². The number of aryl methyl sites for hydroxylation is 1. The first-order valence-corrected chi connectivity index (χ1v) is 14.2. The lowest BCUT2D eigenvalue weighted by atomic mass is 9.80. The summed E-state index contributed by atoms with van der Waals surface area (Å²) in [6.45, 7) is 1.80. The Morgan fingerprint density at radius 3 is 2.61 bits per heavy atom. The van der Waals surface area contributed by atoms with E-state index in [-0.39, 0.29) is 0 Å². The van der Waals surface area contributed by atoms with Crippen molar-refractivity contribution in [3.05, 3.63) is 53.1 Å². The van der Waals surface area contributed by atoms with Gasteiger partial charge in [-0.15, -0.1) is 0 Å². The molecule has 3 N–H and O–H groups in total. The largest absolute Gasteiger partial charge is 0.487 e. The second-order valence-electron chi connectivity index (χ2n) is 10.2. The number of carbonyl (C=O) groups is 1. The van der Waals surface area contributed by atoms with E-state index in [1.807, 2.05) is 12.1 Å². The zero-order valence-corrected chi connectivity index (χ0v) is 21.4. The number of carbonyl (C=O) groups excluding carboxylic acids is 1. The van der Waals surface area contributed by atoms with E-state index in [0.29, 0.717) is 29.5 Å². The van der Waals surface area contributed by atoms with E-state index >= 15 is 0 Å². The fourth-order valence-corrected chi connectivity index (χ4v) is 6.37. The number of sulfonamides is 1. The van der Waals surface area contributed by atoms with Crippen LogP contribution in [0.15, 0.2) is 36.4 Å². The minimum absolute atomic E-state index is 0.407. The van der Waals surface area contributed by atoms with Crippen LogP contribution in [0.4, 0.5) is 16.2 Å². The van der Waals surface area contributed by atoms with Gasteiger partial charge >= 0.3 is 6.09 Å². The predicted octanol–water partition coefficient (Wildman–Crippen LogP) is 3.44. The third-order valence-electron chi connectivity index (χ3n) is 7.63. The molecule has 2 aliphatic heterocycles. The first kappa shape index (κ1) is 24.9. The Labute approximate surface area is 211 Å². The predicted molar refractivity (Wildman–Crippen MR) is 137 cm³/mol. The smallest absolute Gasteiger partial charge is 0.411 e. The quantitative estimate of drug-likeness (QED) is 0.571. The molecule has 2 heterocycles. The second-order valence-corrected chi connectivity index (χ2v) is 11.9. The van der Waals surface area contributed by atoms with Crippen molar-refractivity contribution in [3.8, 4) is 5.75 Å². The summed E-state index contributed by atoms with van der Waals surface area (Å²) in [5, 5.41) is 13.6. The van der Waals surface area contributed by atoms with Gasteiger partial charge in [0.05, 0.1) is 19.5 Å². The van der Waals surface area contributed by atoms with Crippen LogP contribution < -0.4 is 14.8 Å². The zero-order chi connectivity index (χ0) is 25.5. The zero-order valence-electron chi connectivity index (χ0n) is 20.6. The maximum atomic E-state index is 11.6. The van der Waals surface area contributed by atoms with Crippen LogP contribution in [0.3, 0.4) is 0 Å². The lowest BCUT2D eigenvalue weighted by molar-refractivity contribution is -0.0608. The number of methoxy groups -OCH3 is 1. The van der Waals surface area contributed by atoms with E-state index in [1.54, 1.807) is 18.2 Å². The van der Waals surface area contributed by atoms with Crippen molar-refractivity contribution >= 4 is 27.5 Å². The highest BCUT2D eigenvalue weighted by molar-refractivity contribution is 7.92. The number of likely N-dealkylation sites (tertiary alicyclic amines) is 1. The van der Waals surface area contributed by atoms with Crippen molar-refractivity contribution in [2.75, 3.05) is 36.5 Å². The number of benzene rings is 2. The maximum absolute atomic E-state index is 11.6. The first-order valence-electron chi connectivity index (χ1n) is 12.3. The molecule has 1 spiro atoms. The normalized spacial score (nSPS) is 23.2. The Morgan fingerprint density at radius 1 is 1.14 bits per heavy atom. The van der Waals surface area contributed by atoms with Crippen molar-refractivity contribution in [2.45, 2.75) is 56.3 Å². The minimum atomic E-state index is -3.39. The van der Waals surface area contributed by atoms with Crippen LogP contribution >= 0.6 is 0 Å². The number of piperidine rings is 1. The monoisotopic (exact) mass is 515 g/mol. The standard InChI is InChI=1S/C26H33N3O6S/c1-34-25(31)27-19-5-3-18-14-21(7-4-17(18)13-19)29-11-9-26(10-12-29)16-23(30)22-15-20(28-36(2,32)33)6-8-24(22)35-26/h3,5-6,8,13,15,21,23,28,30H,4,7,9-12,14,16H2,1-2H3,(H,27,31)/t21-,23?/m1/s1. The molecular weight excluding hydrogens is 482 g/mol. The molecule has 3 aliphatic rings. The summed E-state index contributed by atoms with van der Waals surface area (Å²) >= 11 is 0. The highest BCUT2D eigenvalue weighted by atomic mass is 32.2. The Hall–Kier alpha value is -2.82. The van der Waals surface area contributed by atoms with E-state index in [9.17, 15) is 18.3 Å². The molecule has 1 saturated heterocycles. The summed E-state index contributed by atoms with van der Waals surface area (Å²) in [7, 11) is -2.04. The van der Waals surface area contributed by atoms with Crippen LogP contribution in [0.25, 0.3) is 0 Å². The van der Waals surface area contributed by atoms with Gasteiger partial charge in [0, 0.05) is 42.5 Å². The summed E-state index contributed by atoms with van der Waals surface area (Å²) in [6, 6.07) is 11.6. The fraction of sp³-hybridized carbons (Fsp3) is 0.500. The molecule has 9 nitrogen and oxygen atoms in total. The molecular formula is C26H33N3O6S. The van der Waals surface area contributed by atoms with Crippen LogP contribution in [0.2, 0.25) is 0 Å². The number of nitrogens with one attached hydrogen (secondary N) is 2. The number of aliphatic hydroxyl groups excluding tert-OH is 1. The molecule has 0 radical (unpaired) electrons. The fourth-order valence-electron chi connectivity index (χ4n) is 5.81. The summed E-state index contributed by atoms with van der Waals surface area (Å²) in [4.78, 5) is 14.0. The van der Waals surface area contributed by atoms with Crippen molar-refractivity contribution in [3.63, 3.8) is 0 Å². The molecule has 36 heavy (non-hydrogen) atoms. The van der Waals surface area contributed by atoms with Gasteiger partial charge in [0.25, 0.3) is 0 Å². The third kappa shape index (κ3) is 5.30. The van der Waals surface area contributed by atoms with Crippen LogP contribution in [0.1, 0.15) is 48.5 Å². The maximum Gasteiger partial charge on any atom is 0.411 e. The van der Waals surface area contributed by atoms with E-state index in [2.05, 4.69) is 25.7 Å². The molecule has 1 aliphatic carbocycles. The van der Waals surface area contributed by atoms with Gasteiger partial charge < -0.3 is 14.6 Å². The summed E-state index contributed by atoms with van der Waals surface area (Å²) in [5.41, 5.74) is 3.99. The molecule has 0 saturated carbocycles. The number of rotatable bonds is 4. The Balaban J connectivity index is 1.21. The van der Waals surface area contributed by atoms with Gasteiger partial charge in [-0.2, -0.15) is 0 Å². The van der Waals surface area contributed by atoms with Gasteiger partial charge in [0.2, 0.25) is 10.0 Å². The van der Waals surface area contributed by atoms with Crippen molar-refractivity contribution in [2.24, 2.45) is 0 Å². The number of fused-ring (bicyclic) bond motifs is 2. The van der Waals surface area contributed by atoms with Crippen molar-refractivity contribution in [1.29, 1.82) is 0 Å². The third-order valence-corrected chi connectivity index (χ3v) is 8.24. The molecule has 0 bridgehead atoms. The van der Waals surface area contributed by atoms with Gasteiger partial charge in [-0.3, -0.25) is 14.9 Å². The number of hydrogen-bond acceptors (Lipinski definition) is 7. The van der Waals surface area contributed by atoms with Crippen LogP contribution in [-0.4, -0.2) is 62.6 Å². The van der Waals surface area contributed by atoms with Crippen molar-refractivity contribution in [1.82, 2.24) is 4.90 Å². The Bertz CT molecular complexity index is 1260. The summed E-state index contributed by atoms with van der Waals surface area (Å²) < 4.78 is 36.7. The molecule has 1 unspecified atom stereocenters. The average molecular weight is 516 g/mol. The lowest BCUT2D eigenvalue weighted by Gasteiger charge is -2.48. The second kappa shape index (κ2) is 9.57. The molecule has 1 amide bonds. The molecule has 2 atom stereocenters. The van der Waals surface area contributed by atoms with Gasteiger partial charge in [-0.1, -0.05) is 6.07 Å². The lowest BCUT2D eigenvalue weighted by Crippen LogP contribution is -2.53. The molecule has 5 rings (SSSR count). The van der Waals surface area contributed by atoms with E-state index in [1.165, 1.54) is 18.2 Å². The Kier molecular flexibility index (Phi) is 6.61. The minimum Gasteiger partial charge on any atom is -0.487 e. The molecule has 194 valence electrons. The van der Waals surface area contributed by atoms with Gasteiger partial charge in [0.1, 0.15) is 11.4 Å². The number of aliphatic hydroxyl groups is 1. The number of hydrogen-bond donors (Lipinski definition) is 3. The first-order chi connectivity index (χ1) is 17.1. The highest BCUT2D eigenvalue weighted by Crippen LogP contribution is 2.45. The summed E-state index contributed by atoms with van der Waals surface area (Å²) in [5.74, 6) is 0.629. The van der Waals surface area contributed by atoms with E-state index in [4.69, 9.17) is 4.74 Å². The van der Waals surface area contributed by atoms with E-state index in [0.717, 1.165) is 57.1 Å². The topological polar surface area (TPSA) is 117 Å². The van der Waals surface area contributed by atoms with Crippen LogP contribution in [-0.2, 0) is 27.6 Å². The number of ether oxygens (including phenoxy) is 2. The molecule has 0 aromatic heterocycles. The van der Waals surface area contributed by atoms with Crippen molar-refractivity contribution < 1.29 is 27.8 Å². The SMILES string of the molecule is COC(=O)Nc1ccc2c(c1)CC[C@@H](N1CCC3(CC1)CC(O)c1cc(NS(C)(=O)=O)ccc1O3)C2. The van der Waals surface area contributed by atoms with Gasteiger partial charge in [-0.05, 0) is 73.6 Å². The van der Waals surface area contributed by atoms with E-state index < -0.39 is 27.8 Å². The number of amides is 1. The van der Waals surface area contributed by atoms with Gasteiger partial charge in [0.15, 0.2) is 0 Å². The van der Waals surface area contributed by atoms with Crippen LogP contribution in [0.5, 0.6) is 5.75 Å². The summed E-state index contributed by atoms with van der Waals surface area (Å²) in [6.07, 6.45) is 5.10. The molecule has 1 fully saturated rings. The Morgan fingerprint density at radius 2 is 1.89 bits per heavy atom. The number of nitrogens with zero attached hydrogens (tertiary/aromatic N) is 1. The molecule has 2 aromatic rings. The van der Waals surface area contributed by atoms with Gasteiger partial charge in [-0.25, -0.2) is 13.2 Å².